The Balaban J connectivity index is 2.28. The number of rotatable bonds is 15. The molecule has 0 spiro atoms. The monoisotopic (exact) mass is 763 g/mol. The molecular weight excluding hydrogens is 728 g/mol. The summed E-state index contributed by atoms with van der Waals surface area (Å²) in [6, 6.07) is -1.18. The molecule has 49 heavy (non-hydrogen) atoms. The van der Waals surface area contributed by atoms with E-state index in [-0.39, 0.29) is 12.0 Å². The third-order valence-electron chi connectivity index (χ3n) is 6.22. The number of ether oxygens (including phenoxy) is 3. The molecule has 20 nitrogen and oxygen atoms in total. The topological polar surface area (TPSA) is 274 Å². The van der Waals surface area contributed by atoms with Crippen molar-refractivity contribution in [3.63, 3.8) is 0 Å². The fourth-order valence-corrected chi connectivity index (χ4v) is 8.36. The van der Waals surface area contributed by atoms with Crippen molar-refractivity contribution in [2.75, 3.05) is 20.2 Å². The lowest BCUT2D eigenvalue weighted by Crippen LogP contribution is -2.33. The molecule has 1 saturated heterocycles. The average molecular weight is 763 g/mol. The van der Waals surface area contributed by atoms with Crippen LogP contribution in [0.1, 0.15) is 59.8 Å². The largest absolute Gasteiger partial charge is 0.444 e. The van der Waals surface area contributed by atoms with Crippen LogP contribution in [0, 0.1) is 17.8 Å². The highest BCUT2D eigenvalue weighted by molar-refractivity contribution is 7.86. The van der Waals surface area contributed by atoms with Crippen molar-refractivity contribution in [3.8, 4) is 0 Å². The highest BCUT2D eigenvalue weighted by Gasteiger charge is 2.69. The van der Waals surface area contributed by atoms with E-state index in [4.69, 9.17) is 22.4 Å². The quantitative estimate of drug-likeness (QED) is 0.0482. The first-order valence-electron chi connectivity index (χ1n) is 13.9. The number of aromatic amines is 1. The molecule has 1 fully saturated rings. The highest BCUT2D eigenvalue weighted by atomic mass is 31.3. The van der Waals surface area contributed by atoms with Crippen molar-refractivity contribution >= 4 is 42.2 Å². The molecule has 1 unspecified atom stereocenters. The predicted octanol–water partition coefficient (Wildman–Crippen LogP) is 4.18. The molecule has 2 rings (SSSR count). The summed E-state index contributed by atoms with van der Waals surface area (Å²) in [7, 11) is -13.4. The third kappa shape index (κ3) is 10.9. The highest BCUT2D eigenvalue weighted by Crippen LogP contribution is 2.80. The number of aryl methyl sites for hydroxylation is 1. The minimum Gasteiger partial charge on any atom is -0.443 e. The SMILES string of the molecule is [B-][P@](=O)(OC[C@H]1O[C@@H](n2cc(C)c(=O)[nH]c2=O)C[C@@H]1N=[N+]=[N-])OP(=O)(O)C(F)(F)P(=O)(OCOC(=O)C(C)(C)C)OCOC(=O)C(C)(C)C. The van der Waals surface area contributed by atoms with Crippen molar-refractivity contribution in [3.05, 3.63) is 43.0 Å². The molecule has 26 heteroatoms. The molecule has 3 radical (unpaired) electrons. The van der Waals surface area contributed by atoms with Crippen molar-refractivity contribution in [1.82, 2.24) is 9.55 Å². The summed E-state index contributed by atoms with van der Waals surface area (Å²) in [6.07, 6.45) is -1.68. The number of esters is 2. The standard InChI is InChI=1S/C23H35BF2N5O15P3/c1-13-9-31(20(35)28-17(13)32)16-8-14(29-30-27)15(45-16)10-42-49(24,39)46-47(36,37)23(25,26)48(38,43-11-40-18(33)21(2,3)4)44-12-41-19(34)22(5,6)7/h9,14-16H,8,10-12H2,1-7H3,(H,36,37)(H,28,32,35)/q-1/t14-,15+,16+,49-/m0/s1. The van der Waals surface area contributed by atoms with Gasteiger partial charge in [0.2, 0.25) is 13.6 Å². The molecule has 2 heterocycles. The van der Waals surface area contributed by atoms with E-state index in [1.165, 1.54) is 48.5 Å². The summed E-state index contributed by atoms with van der Waals surface area (Å²) >= 11 is 0. The van der Waals surface area contributed by atoms with Gasteiger partial charge in [-0.25, -0.2) is 4.79 Å². The van der Waals surface area contributed by atoms with Crippen LogP contribution in [-0.2, 0) is 55.4 Å². The number of nitrogens with zero attached hydrogens (tertiary/aromatic N) is 4. The van der Waals surface area contributed by atoms with Gasteiger partial charge in [0.15, 0.2) is 0 Å². The number of nitrogens with one attached hydrogen (secondary N) is 1. The maximum atomic E-state index is 15.5. The number of alkyl halides is 2. The third-order valence-corrected chi connectivity index (χ3v) is 12.3. The zero-order valence-corrected chi connectivity index (χ0v) is 29.9. The van der Waals surface area contributed by atoms with E-state index in [9.17, 15) is 37.8 Å². The van der Waals surface area contributed by atoms with E-state index >= 15 is 8.78 Å². The lowest BCUT2D eigenvalue weighted by atomic mass is 9.98. The molecule has 2 N–H and O–H groups in total. The Labute approximate surface area is 278 Å². The Bertz CT molecular complexity index is 1680. The van der Waals surface area contributed by atoms with Gasteiger partial charge in [-0.05, 0) is 54.0 Å². The number of hydrogen-bond acceptors (Lipinski definition) is 15. The molecule has 1 aromatic heterocycles. The zero-order valence-electron chi connectivity index (χ0n) is 27.3. The Morgan fingerprint density at radius 3 is 2.06 bits per heavy atom. The molecule has 0 bridgehead atoms. The molecule has 275 valence electrons. The van der Waals surface area contributed by atoms with Gasteiger partial charge in [-0.1, -0.05) is 5.11 Å². The first-order valence-corrected chi connectivity index (χ1v) is 18.6. The number of azide groups is 1. The number of carbonyl (C=O) groups is 2. The molecule has 0 amide bonds. The van der Waals surface area contributed by atoms with E-state index in [1.54, 1.807) is 0 Å². The summed E-state index contributed by atoms with van der Waals surface area (Å²) in [5.41, 5.74) is 5.04. The summed E-state index contributed by atoms with van der Waals surface area (Å²) < 4.78 is 104. The average Bonchev–Trinajstić information content (AvgIpc) is 3.34. The van der Waals surface area contributed by atoms with Gasteiger partial charge in [0.05, 0.1) is 37.1 Å². The number of aromatic nitrogens is 2. The molecule has 0 aromatic carbocycles. The van der Waals surface area contributed by atoms with E-state index in [2.05, 4.69) is 32.9 Å². The Hall–Kier alpha value is -2.70. The summed E-state index contributed by atoms with van der Waals surface area (Å²) in [5, 5.41) is -2.17. The lowest BCUT2D eigenvalue weighted by Gasteiger charge is -2.34. The van der Waals surface area contributed by atoms with Gasteiger partial charge in [-0.3, -0.25) is 46.4 Å². The molecule has 1 aromatic rings. The minimum absolute atomic E-state index is 0.104. The molecular formula is C23H35BF2N5O15P3-. The molecule has 5 atom stereocenters. The van der Waals surface area contributed by atoms with Gasteiger partial charge in [0, 0.05) is 23.1 Å². The maximum absolute atomic E-state index is 15.5. The fraction of sp³-hybridized carbons (Fsp3) is 0.739. The number of carbonyl (C=O) groups excluding carboxylic acids is 2. The second-order valence-corrected chi connectivity index (χ2v) is 18.4. The number of hydrogen-bond donors (Lipinski definition) is 2. The van der Waals surface area contributed by atoms with Gasteiger partial charge in [0.1, 0.15) is 6.23 Å². The van der Waals surface area contributed by atoms with Crippen LogP contribution in [0.2, 0.25) is 0 Å². The van der Waals surface area contributed by atoms with Gasteiger partial charge >= 0.3 is 38.2 Å². The molecule has 0 aliphatic carbocycles. The Morgan fingerprint density at radius 2 is 1.59 bits per heavy atom. The van der Waals surface area contributed by atoms with Crippen LogP contribution >= 0.6 is 22.7 Å². The molecule has 1 aliphatic heterocycles. The Morgan fingerprint density at radius 1 is 1.08 bits per heavy atom. The first kappa shape index (κ1) is 42.5. The summed E-state index contributed by atoms with van der Waals surface area (Å²) in [5.74, 6) is -2.08. The van der Waals surface area contributed by atoms with Crippen LogP contribution < -0.4 is 11.2 Å². The van der Waals surface area contributed by atoms with Crippen LogP contribution in [0.3, 0.4) is 0 Å². The second kappa shape index (κ2) is 15.7. The lowest BCUT2D eigenvalue weighted by molar-refractivity contribution is -0.163. The normalized spacial score (nSPS) is 21.2. The van der Waals surface area contributed by atoms with Crippen LogP contribution in [0.25, 0.3) is 10.4 Å². The van der Waals surface area contributed by atoms with E-state index in [1.807, 2.05) is 4.98 Å². The minimum atomic E-state index is -6.84. The van der Waals surface area contributed by atoms with Gasteiger partial charge in [-0.15, -0.1) is 0 Å². The number of H-pyrrole nitrogens is 1. The van der Waals surface area contributed by atoms with Crippen LogP contribution in [0.5, 0.6) is 0 Å². The van der Waals surface area contributed by atoms with Crippen molar-refractivity contribution < 1.29 is 69.1 Å². The Kier molecular flexibility index (Phi) is 13.6. The van der Waals surface area contributed by atoms with Crippen molar-refractivity contribution in [2.45, 2.75) is 78.7 Å². The van der Waals surface area contributed by atoms with Gasteiger partial charge < -0.3 is 35.8 Å². The number of halogens is 2. The van der Waals surface area contributed by atoms with E-state index in [0.717, 1.165) is 10.8 Å². The maximum Gasteiger partial charge on any atom is 0.444 e. The predicted molar refractivity (Wildman–Crippen MR) is 163 cm³/mol. The smallest absolute Gasteiger partial charge is 0.443 e. The van der Waals surface area contributed by atoms with Crippen molar-refractivity contribution in [1.29, 1.82) is 0 Å². The fourth-order valence-electron chi connectivity index (χ4n) is 3.51. The summed E-state index contributed by atoms with van der Waals surface area (Å²) in [4.78, 5) is 62.9. The van der Waals surface area contributed by atoms with Crippen LogP contribution in [0.4, 0.5) is 8.78 Å². The molecule has 1 aliphatic rings. The second-order valence-electron chi connectivity index (χ2n) is 12.4. The van der Waals surface area contributed by atoms with E-state index < -0.39 is 101 Å². The van der Waals surface area contributed by atoms with Crippen LogP contribution in [0.15, 0.2) is 20.9 Å². The van der Waals surface area contributed by atoms with Gasteiger partial charge in [0.25, 0.3) is 5.56 Å². The van der Waals surface area contributed by atoms with Crippen molar-refractivity contribution in [2.24, 2.45) is 15.9 Å². The van der Waals surface area contributed by atoms with Gasteiger partial charge in [-0.2, -0.15) is 8.78 Å². The zero-order chi connectivity index (χ0) is 37.8. The molecule has 0 saturated carbocycles. The summed E-state index contributed by atoms with van der Waals surface area (Å²) in [6.45, 7) is 5.56. The van der Waals surface area contributed by atoms with Crippen LogP contribution in [-0.4, -0.2) is 71.7 Å². The first-order chi connectivity index (χ1) is 22.2. The van der Waals surface area contributed by atoms with E-state index in [0.29, 0.717) is 0 Å².